The van der Waals surface area contributed by atoms with Crippen LogP contribution in [0.25, 0.3) is 0 Å². The number of rotatable bonds is 6. The molecule has 0 aliphatic carbocycles. The molecule has 3 nitrogen and oxygen atoms in total. The van der Waals surface area contributed by atoms with Crippen LogP contribution in [-0.2, 0) is 6.42 Å². The molecule has 0 radical (unpaired) electrons. The van der Waals surface area contributed by atoms with Gasteiger partial charge in [-0.2, -0.15) is 0 Å². The molecule has 0 unspecified atom stereocenters. The zero-order valence-corrected chi connectivity index (χ0v) is 14.5. The molecule has 0 aliphatic rings. The van der Waals surface area contributed by atoms with Crippen molar-refractivity contribution < 1.29 is 9.53 Å². The first-order valence-electron chi connectivity index (χ1n) is 7.55. The molecule has 0 atom stereocenters. The van der Waals surface area contributed by atoms with Crippen LogP contribution < -0.4 is 4.74 Å². The minimum atomic E-state index is 0.0697. The van der Waals surface area contributed by atoms with Crippen molar-refractivity contribution in [3.63, 3.8) is 0 Å². The molecule has 2 aromatic rings. The van der Waals surface area contributed by atoms with Crippen molar-refractivity contribution >= 4 is 17.2 Å². The van der Waals surface area contributed by atoms with Crippen LogP contribution in [0.4, 0.5) is 0 Å². The van der Waals surface area contributed by atoms with Gasteiger partial charge in [-0.25, -0.2) is 0 Å². The van der Waals surface area contributed by atoms with E-state index in [1.54, 1.807) is 16.2 Å². The third-order valence-electron chi connectivity index (χ3n) is 3.68. The van der Waals surface area contributed by atoms with Crippen LogP contribution in [0.5, 0.6) is 5.75 Å². The lowest BCUT2D eigenvalue weighted by Gasteiger charge is -2.16. The second-order valence-electron chi connectivity index (χ2n) is 5.43. The highest BCUT2D eigenvalue weighted by atomic mass is 32.1. The van der Waals surface area contributed by atoms with Crippen LogP contribution in [0, 0.1) is 13.8 Å². The molecule has 0 aliphatic heterocycles. The van der Waals surface area contributed by atoms with E-state index >= 15 is 0 Å². The van der Waals surface area contributed by atoms with Crippen molar-refractivity contribution in [1.29, 1.82) is 0 Å². The van der Waals surface area contributed by atoms with Crippen LogP contribution in [0.2, 0.25) is 0 Å². The Labute approximate surface area is 136 Å². The Hall–Kier alpha value is -1.81. The van der Waals surface area contributed by atoms with E-state index in [0.29, 0.717) is 13.2 Å². The van der Waals surface area contributed by atoms with Crippen LogP contribution in [-0.4, -0.2) is 31.0 Å². The number of carbonyl (C=O) groups is 1. The van der Waals surface area contributed by atoms with Crippen molar-refractivity contribution in [2.24, 2.45) is 0 Å². The van der Waals surface area contributed by atoms with E-state index in [4.69, 9.17) is 4.74 Å². The van der Waals surface area contributed by atoms with Gasteiger partial charge in [-0.1, -0.05) is 24.6 Å². The van der Waals surface area contributed by atoms with Crippen molar-refractivity contribution in [3.8, 4) is 5.75 Å². The topological polar surface area (TPSA) is 29.5 Å². The van der Waals surface area contributed by atoms with E-state index < -0.39 is 0 Å². The van der Waals surface area contributed by atoms with Gasteiger partial charge in [0.05, 0.1) is 11.4 Å². The van der Waals surface area contributed by atoms with Gasteiger partial charge in [0.2, 0.25) is 0 Å². The summed E-state index contributed by atoms with van der Waals surface area (Å²) in [4.78, 5) is 16.2. The number of nitrogens with zero attached hydrogens (tertiary/aromatic N) is 1. The summed E-state index contributed by atoms with van der Waals surface area (Å²) in [5.74, 6) is 0.909. The molecule has 2 rings (SSSR count). The molecule has 1 aromatic carbocycles. The average molecular weight is 317 g/mol. The normalized spacial score (nSPS) is 10.5. The minimum Gasteiger partial charge on any atom is -0.492 e. The van der Waals surface area contributed by atoms with Gasteiger partial charge >= 0.3 is 0 Å². The number of carbonyl (C=O) groups excluding carboxylic acids is 1. The van der Waals surface area contributed by atoms with Gasteiger partial charge in [0, 0.05) is 11.9 Å². The molecular weight excluding hydrogens is 294 g/mol. The summed E-state index contributed by atoms with van der Waals surface area (Å²) in [5, 5.41) is 0. The molecule has 1 heterocycles. The lowest BCUT2D eigenvalue weighted by molar-refractivity contribution is 0.0778. The van der Waals surface area contributed by atoms with Crippen molar-refractivity contribution in [2.75, 3.05) is 20.2 Å². The van der Waals surface area contributed by atoms with Crippen molar-refractivity contribution in [1.82, 2.24) is 4.90 Å². The summed E-state index contributed by atoms with van der Waals surface area (Å²) in [6.07, 6.45) is 0.968. The highest BCUT2D eigenvalue weighted by molar-refractivity contribution is 7.14. The standard InChI is InChI=1S/C18H23NO2S/c1-5-15-12-17(22-14(15)3)18(20)19(4)10-11-21-16-8-6-13(2)7-9-16/h6-9,12H,5,10-11H2,1-4H3. The number of hydrogen-bond donors (Lipinski definition) is 0. The first-order chi connectivity index (χ1) is 10.5. The fourth-order valence-corrected chi connectivity index (χ4v) is 3.31. The maximum Gasteiger partial charge on any atom is 0.263 e. The van der Waals surface area contributed by atoms with E-state index in [-0.39, 0.29) is 5.91 Å². The second kappa shape index (κ2) is 7.45. The predicted octanol–water partition coefficient (Wildman–Crippen LogP) is 4.08. The zero-order valence-electron chi connectivity index (χ0n) is 13.7. The first kappa shape index (κ1) is 16.6. The van der Waals surface area contributed by atoms with E-state index in [1.807, 2.05) is 44.3 Å². The van der Waals surface area contributed by atoms with Crippen LogP contribution in [0.15, 0.2) is 30.3 Å². The average Bonchev–Trinajstić information content (AvgIpc) is 2.89. The molecule has 0 saturated heterocycles. The Morgan fingerprint density at radius 2 is 1.91 bits per heavy atom. The third kappa shape index (κ3) is 4.10. The molecule has 118 valence electrons. The predicted molar refractivity (Wildman–Crippen MR) is 92.1 cm³/mol. The summed E-state index contributed by atoms with van der Waals surface area (Å²) < 4.78 is 5.68. The molecule has 1 amide bonds. The van der Waals surface area contributed by atoms with Gasteiger partial charge in [-0.15, -0.1) is 11.3 Å². The number of aryl methyl sites for hydroxylation is 3. The Morgan fingerprint density at radius 1 is 1.23 bits per heavy atom. The smallest absolute Gasteiger partial charge is 0.263 e. The van der Waals surface area contributed by atoms with E-state index in [1.165, 1.54) is 16.0 Å². The first-order valence-corrected chi connectivity index (χ1v) is 8.37. The van der Waals surface area contributed by atoms with Gasteiger partial charge in [-0.3, -0.25) is 4.79 Å². The summed E-state index contributed by atoms with van der Waals surface area (Å²) in [7, 11) is 1.82. The number of ether oxygens (including phenoxy) is 1. The Kier molecular flexibility index (Phi) is 5.61. The number of likely N-dealkylation sites (N-methyl/N-ethyl adjacent to an activating group) is 1. The van der Waals surface area contributed by atoms with Gasteiger partial charge in [0.15, 0.2) is 0 Å². The molecule has 0 saturated carbocycles. The van der Waals surface area contributed by atoms with Crippen LogP contribution in [0.1, 0.15) is 32.6 Å². The van der Waals surface area contributed by atoms with E-state index in [9.17, 15) is 4.79 Å². The maximum absolute atomic E-state index is 12.4. The minimum absolute atomic E-state index is 0.0697. The lowest BCUT2D eigenvalue weighted by atomic mass is 10.2. The third-order valence-corrected chi connectivity index (χ3v) is 4.76. The molecule has 0 spiro atoms. The van der Waals surface area contributed by atoms with Gasteiger partial charge < -0.3 is 9.64 Å². The second-order valence-corrected chi connectivity index (χ2v) is 6.69. The summed E-state index contributed by atoms with van der Waals surface area (Å²) in [5.41, 5.74) is 2.47. The molecule has 22 heavy (non-hydrogen) atoms. The zero-order chi connectivity index (χ0) is 16.1. The number of amides is 1. The summed E-state index contributed by atoms with van der Waals surface area (Å²) in [6, 6.07) is 9.95. The molecule has 1 aromatic heterocycles. The fourth-order valence-electron chi connectivity index (χ4n) is 2.20. The highest BCUT2D eigenvalue weighted by Crippen LogP contribution is 2.23. The Bertz CT molecular complexity index is 631. The van der Waals surface area contributed by atoms with Crippen LogP contribution >= 0.6 is 11.3 Å². The molecule has 0 N–H and O–H groups in total. The Balaban J connectivity index is 1.87. The SMILES string of the molecule is CCc1cc(C(=O)N(C)CCOc2ccc(C)cc2)sc1C. The van der Waals surface area contributed by atoms with Gasteiger partial charge in [-0.05, 0) is 44.0 Å². The van der Waals surface area contributed by atoms with E-state index in [2.05, 4.69) is 13.8 Å². The number of benzene rings is 1. The summed E-state index contributed by atoms with van der Waals surface area (Å²) in [6.45, 7) is 7.30. The molecule has 0 bridgehead atoms. The largest absolute Gasteiger partial charge is 0.492 e. The quantitative estimate of drug-likeness (QED) is 0.803. The Morgan fingerprint density at radius 3 is 2.50 bits per heavy atom. The monoisotopic (exact) mass is 317 g/mol. The maximum atomic E-state index is 12.4. The lowest BCUT2D eigenvalue weighted by Crippen LogP contribution is -2.30. The van der Waals surface area contributed by atoms with E-state index in [0.717, 1.165) is 17.0 Å². The highest BCUT2D eigenvalue weighted by Gasteiger charge is 2.15. The van der Waals surface area contributed by atoms with Crippen LogP contribution in [0.3, 0.4) is 0 Å². The molecular formula is C18H23NO2S. The number of thiophene rings is 1. The van der Waals surface area contributed by atoms with Gasteiger partial charge in [0.1, 0.15) is 12.4 Å². The summed E-state index contributed by atoms with van der Waals surface area (Å²) >= 11 is 1.57. The van der Waals surface area contributed by atoms with Gasteiger partial charge in [0.25, 0.3) is 5.91 Å². The fraction of sp³-hybridized carbons (Fsp3) is 0.389. The molecule has 4 heteroatoms. The van der Waals surface area contributed by atoms with Crippen molar-refractivity contribution in [3.05, 3.63) is 51.2 Å². The van der Waals surface area contributed by atoms with Crippen molar-refractivity contribution in [2.45, 2.75) is 27.2 Å². The number of hydrogen-bond acceptors (Lipinski definition) is 3. The molecule has 0 fully saturated rings.